The third kappa shape index (κ3) is 5.36. The van der Waals surface area contributed by atoms with Gasteiger partial charge in [0.25, 0.3) is 0 Å². The lowest BCUT2D eigenvalue weighted by atomic mass is 9.86. The van der Waals surface area contributed by atoms with Gasteiger partial charge in [0.05, 0.1) is 0 Å². The number of piperidine rings is 1. The average Bonchev–Trinajstić information content (AvgIpc) is 2.51. The quantitative estimate of drug-likeness (QED) is 0.840. The van der Waals surface area contributed by atoms with Crippen LogP contribution in [0.25, 0.3) is 0 Å². The van der Waals surface area contributed by atoms with Crippen LogP contribution in [0.15, 0.2) is 12.1 Å². The zero-order valence-electron chi connectivity index (χ0n) is 14.8. The predicted molar refractivity (Wildman–Crippen MR) is 88.5 cm³/mol. The molecule has 2 N–H and O–H groups in total. The van der Waals surface area contributed by atoms with Crippen molar-refractivity contribution < 1.29 is 22.7 Å². The summed E-state index contributed by atoms with van der Waals surface area (Å²) in [6, 6.07) is 1.02. The summed E-state index contributed by atoms with van der Waals surface area (Å²) < 4.78 is 45.4. The van der Waals surface area contributed by atoms with Crippen LogP contribution in [0.5, 0.6) is 0 Å². The maximum atomic E-state index is 13.8. The van der Waals surface area contributed by atoms with E-state index in [1.165, 1.54) is 0 Å². The molecule has 0 aliphatic carbocycles. The van der Waals surface area contributed by atoms with Crippen LogP contribution in [0.1, 0.15) is 39.2 Å². The molecule has 1 amide bonds. The number of benzene rings is 1. The van der Waals surface area contributed by atoms with Crippen LogP contribution in [0.3, 0.4) is 0 Å². The molecular formula is C18H25F3N2O2. The monoisotopic (exact) mass is 358 g/mol. The molecule has 25 heavy (non-hydrogen) atoms. The fourth-order valence-electron chi connectivity index (χ4n) is 2.98. The molecule has 0 aromatic heterocycles. The van der Waals surface area contributed by atoms with E-state index in [1.54, 1.807) is 4.90 Å². The van der Waals surface area contributed by atoms with Crippen LogP contribution < -0.4 is 5.73 Å². The van der Waals surface area contributed by atoms with E-state index in [9.17, 15) is 18.0 Å². The number of hydrogen-bond acceptors (Lipinski definition) is 3. The molecule has 0 spiro atoms. The highest BCUT2D eigenvalue weighted by Gasteiger charge is 2.29. The van der Waals surface area contributed by atoms with Gasteiger partial charge in [0, 0.05) is 25.2 Å². The first-order valence-corrected chi connectivity index (χ1v) is 8.44. The number of carbonyl (C=O) groups is 1. The molecule has 4 nitrogen and oxygen atoms in total. The molecule has 0 bridgehead atoms. The van der Waals surface area contributed by atoms with Gasteiger partial charge in [-0.15, -0.1) is 0 Å². The number of carbonyl (C=O) groups excluding carboxylic acids is 1. The Labute approximate surface area is 146 Å². The van der Waals surface area contributed by atoms with E-state index in [2.05, 4.69) is 0 Å². The summed E-state index contributed by atoms with van der Waals surface area (Å²) in [4.78, 5) is 13.7. The first kappa shape index (κ1) is 19.6. The summed E-state index contributed by atoms with van der Waals surface area (Å²) in [5.74, 6) is -3.00. The molecule has 1 atom stereocenters. The lowest BCUT2D eigenvalue weighted by molar-refractivity contribution is 0.0174. The van der Waals surface area contributed by atoms with Crippen LogP contribution in [0.2, 0.25) is 0 Å². The van der Waals surface area contributed by atoms with Crippen molar-refractivity contribution in [2.45, 2.75) is 51.7 Å². The van der Waals surface area contributed by atoms with Crippen LogP contribution in [0, 0.1) is 23.4 Å². The van der Waals surface area contributed by atoms with Crippen molar-refractivity contribution >= 4 is 6.09 Å². The van der Waals surface area contributed by atoms with Gasteiger partial charge in [-0.05, 0) is 57.6 Å². The van der Waals surface area contributed by atoms with Crippen molar-refractivity contribution in [2.75, 3.05) is 13.1 Å². The molecule has 1 aromatic rings. The van der Waals surface area contributed by atoms with Crippen LogP contribution >= 0.6 is 0 Å². The molecule has 1 aromatic carbocycles. The van der Waals surface area contributed by atoms with E-state index >= 15 is 0 Å². The number of ether oxygens (including phenoxy) is 1. The molecule has 7 heteroatoms. The maximum Gasteiger partial charge on any atom is 0.410 e. The fraction of sp³-hybridized carbons (Fsp3) is 0.611. The first-order chi connectivity index (χ1) is 11.6. The zero-order valence-corrected chi connectivity index (χ0v) is 14.8. The van der Waals surface area contributed by atoms with Crippen molar-refractivity contribution in [3.05, 3.63) is 35.1 Å². The molecule has 1 aliphatic heterocycles. The molecule has 0 saturated carbocycles. The van der Waals surface area contributed by atoms with Gasteiger partial charge in [-0.2, -0.15) is 0 Å². The summed E-state index contributed by atoms with van der Waals surface area (Å²) in [5.41, 5.74) is 5.67. The predicted octanol–water partition coefficient (Wildman–Crippen LogP) is 3.62. The number of nitrogens with zero attached hydrogens (tertiary/aromatic N) is 1. The highest BCUT2D eigenvalue weighted by Crippen LogP contribution is 2.24. The van der Waals surface area contributed by atoms with E-state index < -0.39 is 23.1 Å². The normalized spacial score (nSPS) is 17.5. The molecule has 0 unspecified atom stereocenters. The lowest BCUT2D eigenvalue weighted by Gasteiger charge is -2.35. The fourth-order valence-corrected chi connectivity index (χ4v) is 2.98. The number of hydrogen-bond donors (Lipinski definition) is 1. The summed E-state index contributed by atoms with van der Waals surface area (Å²) in [6.45, 7) is 6.44. The van der Waals surface area contributed by atoms with Crippen LogP contribution in [-0.2, 0) is 11.2 Å². The van der Waals surface area contributed by atoms with Crippen molar-refractivity contribution in [3.8, 4) is 0 Å². The molecule has 1 fully saturated rings. The van der Waals surface area contributed by atoms with Crippen molar-refractivity contribution in [1.29, 1.82) is 0 Å². The molecule has 1 saturated heterocycles. The highest BCUT2D eigenvalue weighted by molar-refractivity contribution is 5.68. The molecule has 1 aliphatic rings. The Balaban J connectivity index is 1.90. The van der Waals surface area contributed by atoms with Crippen LogP contribution in [0.4, 0.5) is 18.0 Å². The largest absolute Gasteiger partial charge is 0.444 e. The second-order valence-corrected chi connectivity index (χ2v) is 7.53. The smallest absolute Gasteiger partial charge is 0.410 e. The Morgan fingerprint density at radius 2 is 1.76 bits per heavy atom. The van der Waals surface area contributed by atoms with Crippen molar-refractivity contribution in [3.63, 3.8) is 0 Å². The first-order valence-electron chi connectivity index (χ1n) is 8.44. The van der Waals surface area contributed by atoms with Crippen molar-refractivity contribution in [1.82, 2.24) is 4.90 Å². The molecule has 140 valence electrons. The van der Waals surface area contributed by atoms with E-state index in [4.69, 9.17) is 10.5 Å². The average molecular weight is 358 g/mol. The maximum absolute atomic E-state index is 13.8. The number of amides is 1. The minimum absolute atomic E-state index is 0.0703. The second-order valence-electron chi connectivity index (χ2n) is 7.53. The van der Waals surface area contributed by atoms with E-state index in [1.807, 2.05) is 20.8 Å². The van der Waals surface area contributed by atoms with Gasteiger partial charge in [-0.1, -0.05) is 0 Å². The Hall–Kier alpha value is -1.76. The van der Waals surface area contributed by atoms with Gasteiger partial charge in [0.1, 0.15) is 11.4 Å². The van der Waals surface area contributed by atoms with E-state index in [0.29, 0.717) is 32.0 Å². The van der Waals surface area contributed by atoms with E-state index in [-0.39, 0.29) is 30.0 Å². The third-order valence-electron chi connectivity index (χ3n) is 4.34. The SMILES string of the molecule is CC(C)(C)OC(=O)N1CCC([C@H](N)Cc2cc(F)c(F)cc2F)CC1. The van der Waals surface area contributed by atoms with Gasteiger partial charge in [0.2, 0.25) is 0 Å². The minimum Gasteiger partial charge on any atom is -0.444 e. The number of halogens is 3. The lowest BCUT2D eigenvalue weighted by Crippen LogP contribution is -2.45. The topological polar surface area (TPSA) is 55.6 Å². The molecular weight excluding hydrogens is 333 g/mol. The number of likely N-dealkylation sites (tertiary alicyclic amines) is 1. The standard InChI is InChI=1S/C18H25F3N2O2/c1-18(2,3)25-17(24)23-6-4-11(5-7-23)16(22)9-12-8-14(20)15(21)10-13(12)19/h8,10-11,16H,4-7,9,22H2,1-3H3/t16-/m1/s1. The van der Waals surface area contributed by atoms with Crippen molar-refractivity contribution in [2.24, 2.45) is 11.7 Å². The Bertz CT molecular complexity index is 623. The second kappa shape index (κ2) is 7.64. The van der Waals surface area contributed by atoms with Gasteiger partial charge < -0.3 is 15.4 Å². The Morgan fingerprint density at radius 3 is 2.32 bits per heavy atom. The molecule has 2 rings (SSSR count). The Morgan fingerprint density at radius 1 is 1.20 bits per heavy atom. The zero-order chi connectivity index (χ0) is 18.8. The number of nitrogens with two attached hydrogens (primary N) is 1. The molecule has 1 heterocycles. The van der Waals surface area contributed by atoms with Gasteiger partial charge in [-0.3, -0.25) is 0 Å². The summed E-state index contributed by atoms with van der Waals surface area (Å²) >= 11 is 0. The summed E-state index contributed by atoms with van der Waals surface area (Å²) in [7, 11) is 0. The van der Waals surface area contributed by atoms with Crippen LogP contribution in [-0.4, -0.2) is 35.7 Å². The van der Waals surface area contributed by atoms with Gasteiger partial charge in [0.15, 0.2) is 11.6 Å². The van der Waals surface area contributed by atoms with Gasteiger partial charge >= 0.3 is 6.09 Å². The van der Waals surface area contributed by atoms with E-state index in [0.717, 1.165) is 6.07 Å². The highest BCUT2D eigenvalue weighted by atomic mass is 19.2. The number of rotatable bonds is 3. The molecule has 0 radical (unpaired) electrons. The Kier molecular flexibility index (Phi) is 5.98. The summed E-state index contributed by atoms with van der Waals surface area (Å²) in [5, 5.41) is 0. The summed E-state index contributed by atoms with van der Waals surface area (Å²) in [6.07, 6.45) is 1.09. The third-order valence-corrected chi connectivity index (χ3v) is 4.34. The minimum atomic E-state index is -1.21. The van der Waals surface area contributed by atoms with Gasteiger partial charge in [-0.25, -0.2) is 18.0 Å².